The average Bonchev–Trinajstić information content (AvgIpc) is 3.35. The van der Waals surface area contributed by atoms with Crippen molar-refractivity contribution in [3.05, 3.63) is 35.9 Å². The number of aliphatic hydroxyl groups excluding tert-OH is 1. The van der Waals surface area contributed by atoms with Crippen molar-refractivity contribution in [1.82, 2.24) is 15.5 Å². The molecule has 2 rings (SSSR count). The van der Waals surface area contributed by atoms with Crippen LogP contribution in [0.4, 0.5) is 0 Å². The van der Waals surface area contributed by atoms with Crippen LogP contribution >= 0.6 is 0 Å². The minimum Gasteiger partial charge on any atom is -0.480 e. The van der Waals surface area contributed by atoms with E-state index in [2.05, 4.69) is 15.6 Å². The van der Waals surface area contributed by atoms with Crippen molar-refractivity contribution in [3.63, 3.8) is 0 Å². The molecule has 1 heterocycles. The third kappa shape index (κ3) is 8.50. The van der Waals surface area contributed by atoms with E-state index in [1.807, 2.05) is 0 Å². The molecule has 1 fully saturated rings. The number of likely N-dealkylation sites (tertiary alicyclic amines) is 1. The number of nitrogens with two attached hydrogens (primary N) is 3. The summed E-state index contributed by atoms with van der Waals surface area (Å²) in [6, 6.07) is 4.55. The van der Waals surface area contributed by atoms with Crippen molar-refractivity contribution in [2.75, 3.05) is 19.7 Å². The smallest absolute Gasteiger partial charge is 0.326 e. The van der Waals surface area contributed by atoms with Gasteiger partial charge in [-0.3, -0.25) is 19.4 Å². The van der Waals surface area contributed by atoms with Gasteiger partial charge in [0, 0.05) is 19.5 Å². The molecule has 0 aliphatic carbocycles. The van der Waals surface area contributed by atoms with Crippen LogP contribution in [0, 0.1) is 0 Å². The molecule has 1 aromatic rings. The number of carbonyl (C=O) groups is 4. The van der Waals surface area contributed by atoms with Gasteiger partial charge in [0.05, 0.1) is 6.61 Å². The van der Waals surface area contributed by atoms with Crippen LogP contribution < -0.4 is 27.8 Å². The lowest BCUT2D eigenvalue weighted by atomic mass is 10.0. The van der Waals surface area contributed by atoms with E-state index in [4.69, 9.17) is 17.2 Å². The van der Waals surface area contributed by atoms with Gasteiger partial charge in [-0.1, -0.05) is 30.3 Å². The minimum absolute atomic E-state index is 0.104. The first kappa shape index (κ1) is 28.5. The van der Waals surface area contributed by atoms with Gasteiger partial charge in [0.2, 0.25) is 17.7 Å². The zero-order valence-corrected chi connectivity index (χ0v) is 20.0. The van der Waals surface area contributed by atoms with Crippen LogP contribution in [0.2, 0.25) is 0 Å². The molecule has 13 heteroatoms. The van der Waals surface area contributed by atoms with Gasteiger partial charge < -0.3 is 42.9 Å². The maximum absolute atomic E-state index is 13.3. The molecular formula is C23H35N7O6. The van der Waals surface area contributed by atoms with Crippen LogP contribution in [-0.4, -0.2) is 88.6 Å². The highest BCUT2D eigenvalue weighted by molar-refractivity contribution is 5.94. The Morgan fingerprint density at radius 3 is 2.36 bits per heavy atom. The second kappa shape index (κ2) is 14.0. The number of rotatable bonds is 13. The van der Waals surface area contributed by atoms with Crippen LogP contribution in [0.1, 0.15) is 31.2 Å². The largest absolute Gasteiger partial charge is 0.480 e. The number of amides is 3. The maximum atomic E-state index is 13.3. The van der Waals surface area contributed by atoms with Crippen LogP contribution in [0.15, 0.2) is 35.3 Å². The van der Waals surface area contributed by atoms with E-state index in [1.54, 1.807) is 30.3 Å². The molecule has 1 aliphatic heterocycles. The van der Waals surface area contributed by atoms with E-state index in [9.17, 15) is 29.4 Å². The standard InChI is InChI=1S/C23H35N7O6/c24-15(13-31)19(32)29-17(12-14-6-2-1-3-7-14)20(33)28-16(8-4-10-27-23(25)26)21(34)30-11-5-9-18(30)22(35)36/h1-3,6-7,15-18,31H,4-5,8-13,24H2,(H,28,33)(H,29,32)(H,35,36)(H4,25,26,27). The fourth-order valence-electron chi connectivity index (χ4n) is 3.94. The summed E-state index contributed by atoms with van der Waals surface area (Å²) in [6.45, 7) is -0.144. The summed E-state index contributed by atoms with van der Waals surface area (Å²) < 4.78 is 0. The zero-order valence-electron chi connectivity index (χ0n) is 20.0. The van der Waals surface area contributed by atoms with Gasteiger partial charge in [0.25, 0.3) is 0 Å². The lowest BCUT2D eigenvalue weighted by Gasteiger charge is -2.29. The lowest BCUT2D eigenvalue weighted by molar-refractivity contribution is -0.149. The monoisotopic (exact) mass is 505 g/mol. The number of aliphatic carboxylic acids is 1. The molecule has 198 valence electrons. The maximum Gasteiger partial charge on any atom is 0.326 e. The second-order valence-corrected chi connectivity index (χ2v) is 8.58. The molecule has 1 aliphatic rings. The number of aliphatic imine (C=N–C) groups is 1. The number of aliphatic hydroxyl groups is 1. The molecular weight excluding hydrogens is 470 g/mol. The predicted molar refractivity (Wildman–Crippen MR) is 131 cm³/mol. The summed E-state index contributed by atoms with van der Waals surface area (Å²) in [4.78, 5) is 55.7. The summed E-state index contributed by atoms with van der Waals surface area (Å²) in [6.07, 6.45) is 1.44. The Hall–Kier alpha value is -3.71. The number of benzene rings is 1. The average molecular weight is 506 g/mol. The molecule has 0 radical (unpaired) electrons. The molecule has 10 N–H and O–H groups in total. The molecule has 1 saturated heterocycles. The van der Waals surface area contributed by atoms with Crippen LogP contribution in [-0.2, 0) is 25.6 Å². The van der Waals surface area contributed by atoms with Gasteiger partial charge in [0.1, 0.15) is 24.2 Å². The number of hydrogen-bond acceptors (Lipinski definition) is 7. The highest BCUT2D eigenvalue weighted by Crippen LogP contribution is 2.20. The van der Waals surface area contributed by atoms with E-state index < -0.39 is 54.5 Å². The quantitative estimate of drug-likeness (QED) is 0.0863. The Balaban J connectivity index is 2.23. The highest BCUT2D eigenvalue weighted by Gasteiger charge is 2.38. The van der Waals surface area contributed by atoms with Crippen molar-refractivity contribution in [1.29, 1.82) is 0 Å². The summed E-state index contributed by atoms with van der Waals surface area (Å²) in [5, 5.41) is 23.9. The van der Waals surface area contributed by atoms with Crippen LogP contribution in [0.5, 0.6) is 0 Å². The van der Waals surface area contributed by atoms with Crippen molar-refractivity contribution in [3.8, 4) is 0 Å². The normalized spacial score (nSPS) is 17.5. The number of carboxylic acid groups (broad SMARTS) is 1. The Morgan fingerprint density at radius 2 is 1.75 bits per heavy atom. The number of nitrogens with one attached hydrogen (secondary N) is 2. The summed E-state index contributed by atoms with van der Waals surface area (Å²) in [5.74, 6) is -3.13. The zero-order chi connectivity index (χ0) is 26.7. The Morgan fingerprint density at radius 1 is 1.08 bits per heavy atom. The first-order valence-electron chi connectivity index (χ1n) is 11.7. The van der Waals surface area contributed by atoms with Gasteiger partial charge in [-0.25, -0.2) is 4.79 Å². The minimum atomic E-state index is -1.23. The van der Waals surface area contributed by atoms with Crippen molar-refractivity contribution in [2.45, 2.75) is 56.3 Å². The fourth-order valence-corrected chi connectivity index (χ4v) is 3.94. The van der Waals surface area contributed by atoms with Gasteiger partial charge in [-0.05, 0) is 31.2 Å². The van der Waals surface area contributed by atoms with E-state index in [0.717, 1.165) is 5.56 Å². The Bertz CT molecular complexity index is 938. The van der Waals surface area contributed by atoms with E-state index in [-0.39, 0.29) is 31.9 Å². The molecule has 4 atom stereocenters. The van der Waals surface area contributed by atoms with Crippen LogP contribution in [0.3, 0.4) is 0 Å². The fraction of sp³-hybridized carbons (Fsp3) is 0.522. The number of hydrogen-bond donors (Lipinski definition) is 7. The summed E-state index contributed by atoms with van der Waals surface area (Å²) in [5.41, 5.74) is 17.0. The second-order valence-electron chi connectivity index (χ2n) is 8.58. The molecule has 0 bridgehead atoms. The highest BCUT2D eigenvalue weighted by atomic mass is 16.4. The van der Waals surface area contributed by atoms with E-state index in [0.29, 0.717) is 19.3 Å². The summed E-state index contributed by atoms with van der Waals surface area (Å²) >= 11 is 0. The van der Waals surface area contributed by atoms with Crippen LogP contribution in [0.25, 0.3) is 0 Å². The third-order valence-corrected chi connectivity index (χ3v) is 5.83. The first-order valence-corrected chi connectivity index (χ1v) is 11.7. The molecule has 4 unspecified atom stereocenters. The molecule has 13 nitrogen and oxygen atoms in total. The lowest BCUT2D eigenvalue weighted by Crippen LogP contribution is -2.58. The number of nitrogens with zero attached hydrogens (tertiary/aromatic N) is 2. The van der Waals surface area contributed by atoms with Crippen molar-refractivity contribution < 1.29 is 29.4 Å². The Labute approximate surface area is 209 Å². The Kier molecular flexibility index (Phi) is 11.1. The first-order chi connectivity index (χ1) is 17.1. The summed E-state index contributed by atoms with van der Waals surface area (Å²) in [7, 11) is 0. The molecule has 3 amide bonds. The number of carbonyl (C=O) groups excluding carboxylic acids is 3. The third-order valence-electron chi connectivity index (χ3n) is 5.83. The van der Waals surface area contributed by atoms with E-state index >= 15 is 0 Å². The number of carboxylic acids is 1. The van der Waals surface area contributed by atoms with E-state index in [1.165, 1.54) is 4.90 Å². The molecule has 0 saturated carbocycles. The molecule has 0 spiro atoms. The van der Waals surface area contributed by atoms with Gasteiger partial charge in [0.15, 0.2) is 5.96 Å². The molecule has 0 aromatic heterocycles. The molecule has 1 aromatic carbocycles. The molecule has 36 heavy (non-hydrogen) atoms. The predicted octanol–water partition coefficient (Wildman–Crippen LogP) is -2.35. The number of guanidine groups is 1. The topological polar surface area (TPSA) is 226 Å². The SMILES string of the molecule is NC(N)=NCCCC(NC(=O)C(Cc1ccccc1)NC(=O)C(N)CO)C(=O)N1CCCC1C(=O)O. The van der Waals surface area contributed by atoms with Gasteiger partial charge in [-0.2, -0.15) is 0 Å². The van der Waals surface area contributed by atoms with Gasteiger partial charge in [-0.15, -0.1) is 0 Å². The van der Waals surface area contributed by atoms with Crippen molar-refractivity contribution in [2.24, 2.45) is 22.2 Å². The van der Waals surface area contributed by atoms with Gasteiger partial charge >= 0.3 is 5.97 Å². The van der Waals surface area contributed by atoms with Crippen molar-refractivity contribution >= 4 is 29.7 Å².